The van der Waals surface area contributed by atoms with Crippen LogP contribution in [0, 0.1) is 5.92 Å². The predicted molar refractivity (Wildman–Crippen MR) is 192 cm³/mol. The smallest absolute Gasteiger partial charge is 0.287 e. The van der Waals surface area contributed by atoms with E-state index in [1.54, 1.807) is 13.8 Å². The van der Waals surface area contributed by atoms with Gasteiger partial charge >= 0.3 is 0 Å². The van der Waals surface area contributed by atoms with E-state index in [1.807, 2.05) is 0 Å². The molecule has 0 bridgehead atoms. The zero-order chi connectivity index (χ0) is 38.8. The Hall–Kier alpha value is -4.26. The van der Waals surface area contributed by atoms with Crippen LogP contribution < -0.4 is 21.1 Å². The maximum Gasteiger partial charge on any atom is 0.287 e. The second-order valence-corrected chi connectivity index (χ2v) is 17.3. The Morgan fingerprint density at radius 3 is 2.31 bits per heavy atom. The summed E-state index contributed by atoms with van der Waals surface area (Å²) in [6, 6.07) is 2.54. The molecule has 4 amide bonds. The molecule has 2 aliphatic carbocycles. The van der Waals surface area contributed by atoms with Gasteiger partial charge in [-0.15, -0.1) is 5.10 Å². The zero-order valence-corrected chi connectivity index (χ0v) is 31.5. The molecule has 18 heteroatoms. The van der Waals surface area contributed by atoms with Crippen LogP contribution in [0.1, 0.15) is 107 Å². The average Bonchev–Trinajstić information content (AvgIpc) is 3.59. The molecule has 54 heavy (non-hydrogen) atoms. The van der Waals surface area contributed by atoms with Gasteiger partial charge in [0.05, 0.1) is 22.8 Å². The second-order valence-electron chi connectivity index (χ2n) is 15.6. The van der Waals surface area contributed by atoms with Crippen molar-refractivity contribution in [1.82, 2.24) is 35.2 Å². The number of nitrogens with one attached hydrogen (secondary N) is 3. The molecule has 3 atom stereocenters. The Labute approximate surface area is 314 Å². The molecule has 0 spiro atoms. The molecule has 2 saturated carbocycles. The number of carbonyl (C=O) groups is 5. The Bertz CT molecular complexity index is 1840. The van der Waals surface area contributed by atoms with Gasteiger partial charge in [-0.3, -0.25) is 24.0 Å². The summed E-state index contributed by atoms with van der Waals surface area (Å²) < 4.78 is 35.0. The monoisotopic (exact) mass is 770 g/mol. The van der Waals surface area contributed by atoms with Crippen molar-refractivity contribution in [2.24, 2.45) is 11.7 Å². The van der Waals surface area contributed by atoms with Crippen molar-refractivity contribution in [2.45, 2.75) is 125 Å². The van der Waals surface area contributed by atoms with Crippen LogP contribution in [0.5, 0.6) is 0 Å². The van der Waals surface area contributed by atoms with Crippen LogP contribution >= 0.6 is 0 Å². The lowest BCUT2D eigenvalue weighted by Crippen LogP contribution is -2.64. The lowest BCUT2D eigenvalue weighted by atomic mass is 9.84. The molecule has 17 nitrogen and oxygen atoms in total. The molecule has 3 heterocycles. The molecule has 1 unspecified atom stereocenters. The second kappa shape index (κ2) is 15.8. The third-order valence-electron chi connectivity index (χ3n) is 11.0. The van der Waals surface area contributed by atoms with E-state index in [-0.39, 0.29) is 61.4 Å². The minimum absolute atomic E-state index is 0.00757. The van der Waals surface area contributed by atoms with Crippen LogP contribution in [0.25, 0.3) is 0 Å². The summed E-state index contributed by atoms with van der Waals surface area (Å²) in [5, 5.41) is 24.7. The first-order valence-corrected chi connectivity index (χ1v) is 20.2. The fourth-order valence-electron chi connectivity index (χ4n) is 7.81. The van der Waals surface area contributed by atoms with Crippen LogP contribution in [0.15, 0.2) is 35.4 Å². The predicted octanol–water partition coefficient (Wildman–Crippen LogP) is 0.577. The van der Waals surface area contributed by atoms with Gasteiger partial charge in [0.25, 0.3) is 11.8 Å². The number of aromatic nitrogens is 3. The van der Waals surface area contributed by atoms with Crippen molar-refractivity contribution in [3.63, 3.8) is 0 Å². The third kappa shape index (κ3) is 8.82. The highest BCUT2D eigenvalue weighted by Gasteiger charge is 2.49. The Kier molecular flexibility index (Phi) is 11.6. The number of nitrogens with two attached hydrogens (primary N) is 1. The van der Waals surface area contributed by atoms with E-state index in [0.29, 0.717) is 12.1 Å². The minimum atomic E-state index is -3.74. The highest BCUT2D eigenvalue weighted by molar-refractivity contribution is 7.89. The summed E-state index contributed by atoms with van der Waals surface area (Å²) in [6.07, 6.45) is 8.05. The Balaban J connectivity index is 1.30. The van der Waals surface area contributed by atoms with Crippen LogP contribution in [-0.2, 0) is 39.5 Å². The number of rotatable bonds is 14. The third-order valence-corrected chi connectivity index (χ3v) is 12.5. The normalized spacial score (nSPS) is 22.7. The summed E-state index contributed by atoms with van der Waals surface area (Å²) in [5.74, 6) is -3.85. The van der Waals surface area contributed by atoms with E-state index < -0.39 is 68.7 Å². The van der Waals surface area contributed by atoms with E-state index >= 15 is 0 Å². The number of ether oxygens (including phenoxy) is 1. The number of carbonyl (C=O) groups excluding carboxylic acids is 5. The zero-order valence-electron chi connectivity index (χ0n) is 30.7. The van der Waals surface area contributed by atoms with E-state index in [0.717, 1.165) is 44.9 Å². The van der Waals surface area contributed by atoms with Gasteiger partial charge in [0.2, 0.25) is 27.6 Å². The first-order valence-electron chi connectivity index (χ1n) is 18.7. The number of nitrogens with zero attached hydrogens (tertiary/aromatic N) is 4. The van der Waals surface area contributed by atoms with Crippen LogP contribution in [0.3, 0.4) is 0 Å². The molecular formula is C36H50N8O9S. The number of Topliss-reactive ketones (excluding diaryl/α,β-unsaturated/α-hetero) is 1. The van der Waals surface area contributed by atoms with Crippen LogP contribution in [0.2, 0.25) is 0 Å². The van der Waals surface area contributed by atoms with Crippen LogP contribution in [0.4, 0.5) is 0 Å². The van der Waals surface area contributed by atoms with Crippen molar-refractivity contribution in [1.29, 1.82) is 0 Å². The number of aliphatic hydroxyl groups is 1. The standard InChI is InChI=1S/C36H50N8O9S/c1-35(2,50)29-20-38-42-44(29)25-19-28(33(48)40-36(30(45)31(37)46)14-16-53-17-15-36)43(21-25)34(49)27(18-22-6-4-3-5-7-22)39-32(47)23-8-12-26(13-9-23)54(51,52)41-24-10-11-24/h8-9,12-13,20,22,24-25,27-28,41,50H,3-7,10-11,14-19,21H2,1-2H3,(H2,37,46)(H,39,47)(H,40,48)/t25-,27?,28-/m0/s1. The molecule has 2 aromatic rings. The van der Waals surface area contributed by atoms with E-state index in [2.05, 4.69) is 25.7 Å². The van der Waals surface area contributed by atoms with Gasteiger partial charge < -0.3 is 31.1 Å². The molecular weight excluding hydrogens is 721 g/mol. The molecule has 294 valence electrons. The van der Waals surface area contributed by atoms with Gasteiger partial charge in [-0.1, -0.05) is 37.3 Å². The molecule has 4 aliphatic rings. The van der Waals surface area contributed by atoms with Gasteiger partial charge in [-0.25, -0.2) is 17.8 Å². The molecule has 1 aromatic heterocycles. The van der Waals surface area contributed by atoms with Crippen LogP contribution in [-0.4, -0.2) is 106 Å². The average molecular weight is 771 g/mol. The largest absolute Gasteiger partial charge is 0.384 e. The lowest BCUT2D eigenvalue weighted by molar-refractivity contribution is -0.147. The number of sulfonamides is 1. The number of primary amides is 1. The number of hydrogen-bond donors (Lipinski definition) is 5. The first kappa shape index (κ1) is 39.4. The molecule has 2 saturated heterocycles. The van der Waals surface area contributed by atoms with Crippen molar-refractivity contribution in [2.75, 3.05) is 19.8 Å². The molecule has 2 aliphatic heterocycles. The summed E-state index contributed by atoms with van der Waals surface area (Å²) in [5.41, 5.74) is 2.94. The van der Waals surface area contributed by atoms with E-state index in [9.17, 15) is 37.5 Å². The summed E-state index contributed by atoms with van der Waals surface area (Å²) in [6.45, 7) is 3.29. The van der Waals surface area contributed by atoms with E-state index in [1.165, 1.54) is 40.0 Å². The van der Waals surface area contributed by atoms with Crippen molar-refractivity contribution < 1.29 is 42.2 Å². The molecule has 6 N–H and O–H groups in total. The topological polar surface area (TPSA) is 245 Å². The fraction of sp³-hybridized carbons (Fsp3) is 0.639. The maximum atomic E-state index is 14.8. The first-order chi connectivity index (χ1) is 25.6. The number of benzene rings is 1. The van der Waals surface area contributed by atoms with Gasteiger partial charge in [0.1, 0.15) is 23.2 Å². The number of ketones is 1. The molecule has 6 rings (SSSR count). The van der Waals surface area contributed by atoms with Gasteiger partial charge in [-0.2, -0.15) is 0 Å². The highest BCUT2D eigenvalue weighted by Crippen LogP contribution is 2.34. The van der Waals surface area contributed by atoms with Gasteiger partial charge in [-0.05, 0) is 63.3 Å². The molecule has 4 fully saturated rings. The van der Waals surface area contributed by atoms with E-state index in [4.69, 9.17) is 10.5 Å². The summed E-state index contributed by atoms with van der Waals surface area (Å²) in [4.78, 5) is 69.5. The quantitative estimate of drug-likeness (QED) is 0.166. The highest BCUT2D eigenvalue weighted by atomic mass is 32.2. The molecule has 0 radical (unpaired) electrons. The van der Waals surface area contributed by atoms with Crippen molar-refractivity contribution in [3.05, 3.63) is 41.7 Å². The Morgan fingerprint density at radius 2 is 1.70 bits per heavy atom. The lowest BCUT2D eigenvalue weighted by Gasteiger charge is -2.37. The number of likely N-dealkylation sites (tertiary alicyclic amines) is 1. The fourth-order valence-corrected chi connectivity index (χ4v) is 9.12. The number of amides is 4. The minimum Gasteiger partial charge on any atom is -0.384 e. The number of hydrogen-bond acceptors (Lipinski definition) is 11. The van der Waals surface area contributed by atoms with Gasteiger partial charge in [0.15, 0.2) is 0 Å². The van der Waals surface area contributed by atoms with Gasteiger partial charge in [0, 0.05) is 50.6 Å². The SMILES string of the molecule is CC(C)(O)c1cnnn1[C@H]1C[C@@H](C(=O)NC2(C(=O)C(N)=O)CCOCC2)N(C(=O)C(CC2CCCCC2)NC(=O)c2ccc(S(=O)(=O)NC3CC3)cc2)C1. The van der Waals surface area contributed by atoms with Crippen molar-refractivity contribution >= 4 is 39.4 Å². The van der Waals surface area contributed by atoms with Crippen molar-refractivity contribution in [3.8, 4) is 0 Å². The molecule has 1 aromatic carbocycles. The maximum absolute atomic E-state index is 14.8. The summed E-state index contributed by atoms with van der Waals surface area (Å²) in [7, 11) is -3.74. The Morgan fingerprint density at radius 1 is 1.04 bits per heavy atom. The summed E-state index contributed by atoms with van der Waals surface area (Å²) >= 11 is 0.